The topological polar surface area (TPSA) is 49.8 Å². The van der Waals surface area contributed by atoms with Crippen LogP contribution < -0.4 is 5.73 Å². The predicted octanol–water partition coefficient (Wildman–Crippen LogP) is 3.19. The van der Waals surface area contributed by atoms with Crippen molar-refractivity contribution in [2.24, 2.45) is 0 Å². The van der Waals surface area contributed by atoms with E-state index in [0.717, 1.165) is 11.3 Å². The van der Waals surface area contributed by atoms with Crippen molar-refractivity contribution in [1.29, 1.82) is 5.26 Å². The number of halogens is 2. The van der Waals surface area contributed by atoms with Crippen molar-refractivity contribution in [3.63, 3.8) is 0 Å². The zero-order chi connectivity index (χ0) is 11.2. The lowest BCUT2D eigenvalue weighted by Crippen LogP contribution is -2.21. The van der Waals surface area contributed by atoms with Gasteiger partial charge in [-0.25, -0.2) is 8.78 Å². The van der Waals surface area contributed by atoms with Gasteiger partial charge in [0.2, 0.25) is 0 Å². The largest absolute Gasteiger partial charge is 0.389 e. The number of hydrogen-bond donors (Lipinski definition) is 1. The van der Waals surface area contributed by atoms with Crippen LogP contribution in [0.15, 0.2) is 0 Å². The second-order valence-electron chi connectivity index (χ2n) is 3.84. The standard InChI is InChI=1S/C10H10F2N2S/c1-5-2-3-10(11,12)8-7(5)6(4-13)9(14)15-8/h5H,2-3,14H2,1H3. The lowest BCUT2D eigenvalue weighted by Gasteiger charge is -2.26. The predicted molar refractivity (Wildman–Crippen MR) is 55.0 cm³/mol. The second-order valence-corrected chi connectivity index (χ2v) is 4.89. The van der Waals surface area contributed by atoms with Gasteiger partial charge in [-0.3, -0.25) is 0 Å². The van der Waals surface area contributed by atoms with Crippen molar-refractivity contribution in [3.05, 3.63) is 16.0 Å². The van der Waals surface area contributed by atoms with Crippen LogP contribution in [0.5, 0.6) is 0 Å². The number of hydrogen-bond acceptors (Lipinski definition) is 3. The summed E-state index contributed by atoms with van der Waals surface area (Å²) in [5.41, 5.74) is 6.30. The van der Waals surface area contributed by atoms with Gasteiger partial charge in [0, 0.05) is 6.42 Å². The minimum atomic E-state index is -2.81. The Labute approximate surface area is 90.3 Å². The van der Waals surface area contributed by atoms with Gasteiger partial charge in [0.25, 0.3) is 5.92 Å². The fourth-order valence-electron chi connectivity index (χ4n) is 1.98. The average molecular weight is 228 g/mol. The molecule has 1 heterocycles. The molecule has 1 atom stereocenters. The summed E-state index contributed by atoms with van der Waals surface area (Å²) in [5.74, 6) is -2.81. The number of nitrogens with two attached hydrogens (primary N) is 1. The van der Waals surface area contributed by atoms with Crippen LogP contribution >= 0.6 is 11.3 Å². The third-order valence-corrected chi connectivity index (χ3v) is 3.95. The van der Waals surface area contributed by atoms with Crippen LogP contribution in [0.25, 0.3) is 0 Å². The van der Waals surface area contributed by atoms with E-state index in [1.807, 2.05) is 13.0 Å². The Morgan fingerprint density at radius 1 is 1.60 bits per heavy atom. The highest BCUT2D eigenvalue weighted by Gasteiger charge is 2.43. The molecule has 0 bridgehead atoms. The monoisotopic (exact) mass is 228 g/mol. The number of anilines is 1. The van der Waals surface area contributed by atoms with Crippen molar-refractivity contribution in [2.45, 2.75) is 31.6 Å². The summed E-state index contributed by atoms with van der Waals surface area (Å²) in [7, 11) is 0. The van der Waals surface area contributed by atoms with E-state index in [-0.39, 0.29) is 27.8 Å². The molecule has 1 aromatic rings. The zero-order valence-corrected chi connectivity index (χ0v) is 9.00. The molecule has 0 aromatic carbocycles. The zero-order valence-electron chi connectivity index (χ0n) is 8.18. The SMILES string of the molecule is CC1CCC(F)(F)c2sc(N)c(C#N)c21. The summed E-state index contributed by atoms with van der Waals surface area (Å²) >= 11 is 0.857. The molecular weight excluding hydrogens is 218 g/mol. The molecule has 1 aliphatic rings. The van der Waals surface area contributed by atoms with E-state index in [0.29, 0.717) is 12.0 Å². The fourth-order valence-corrected chi connectivity index (χ4v) is 3.12. The molecule has 2 nitrogen and oxygen atoms in total. The van der Waals surface area contributed by atoms with Gasteiger partial charge in [-0.05, 0) is 17.9 Å². The number of nitrogens with zero attached hydrogens (tertiary/aromatic N) is 1. The van der Waals surface area contributed by atoms with Crippen molar-refractivity contribution in [2.75, 3.05) is 5.73 Å². The van der Waals surface area contributed by atoms with Crippen molar-refractivity contribution < 1.29 is 8.78 Å². The van der Waals surface area contributed by atoms with Gasteiger partial charge in [-0.1, -0.05) is 6.92 Å². The summed E-state index contributed by atoms with van der Waals surface area (Å²) in [6.07, 6.45) is 0.261. The van der Waals surface area contributed by atoms with Crippen LogP contribution in [-0.2, 0) is 5.92 Å². The van der Waals surface area contributed by atoms with Gasteiger partial charge in [-0.2, -0.15) is 5.26 Å². The number of alkyl halides is 2. The Morgan fingerprint density at radius 3 is 2.87 bits per heavy atom. The highest BCUT2D eigenvalue weighted by Crippen LogP contribution is 2.51. The number of fused-ring (bicyclic) bond motifs is 1. The van der Waals surface area contributed by atoms with Gasteiger partial charge in [0.15, 0.2) is 0 Å². The van der Waals surface area contributed by atoms with E-state index in [4.69, 9.17) is 11.0 Å². The Bertz CT molecular complexity index is 445. The Hall–Kier alpha value is -1.15. The van der Waals surface area contributed by atoms with E-state index in [2.05, 4.69) is 0 Å². The smallest absolute Gasteiger partial charge is 0.282 e. The summed E-state index contributed by atoms with van der Waals surface area (Å²) in [6.45, 7) is 1.86. The van der Waals surface area contributed by atoms with Gasteiger partial charge in [0.05, 0.1) is 10.4 Å². The van der Waals surface area contributed by atoms with Crippen LogP contribution in [0, 0.1) is 11.3 Å². The molecule has 80 valence electrons. The molecule has 0 saturated heterocycles. The molecule has 0 radical (unpaired) electrons. The quantitative estimate of drug-likeness (QED) is 0.741. The molecule has 1 aliphatic carbocycles. The lowest BCUT2D eigenvalue weighted by atomic mass is 9.85. The first kappa shape index (κ1) is 10.4. The molecule has 0 aliphatic heterocycles. The minimum absolute atomic E-state index is 0.00262. The Morgan fingerprint density at radius 2 is 2.27 bits per heavy atom. The van der Waals surface area contributed by atoms with Crippen LogP contribution in [0.2, 0.25) is 0 Å². The van der Waals surface area contributed by atoms with Crippen molar-refractivity contribution in [1.82, 2.24) is 0 Å². The number of rotatable bonds is 0. The molecular formula is C10H10F2N2S. The summed E-state index contributed by atoms with van der Waals surface area (Å²) in [4.78, 5) is -0.00435. The maximum atomic E-state index is 13.5. The Kier molecular flexibility index (Phi) is 2.19. The molecule has 1 aromatic heterocycles. The molecule has 0 spiro atoms. The van der Waals surface area contributed by atoms with Gasteiger partial charge in [-0.15, -0.1) is 11.3 Å². The van der Waals surface area contributed by atoms with Crippen molar-refractivity contribution >= 4 is 16.3 Å². The summed E-state index contributed by atoms with van der Waals surface area (Å²) < 4.78 is 27.1. The summed E-state index contributed by atoms with van der Waals surface area (Å²) in [5, 5.41) is 9.10. The number of thiophene rings is 1. The van der Waals surface area contributed by atoms with E-state index in [1.165, 1.54) is 0 Å². The van der Waals surface area contributed by atoms with E-state index in [9.17, 15) is 8.78 Å². The van der Waals surface area contributed by atoms with E-state index < -0.39 is 5.92 Å². The number of nitrogen functional groups attached to an aromatic ring is 1. The van der Waals surface area contributed by atoms with Crippen LogP contribution in [0.1, 0.15) is 41.7 Å². The van der Waals surface area contributed by atoms with E-state index >= 15 is 0 Å². The molecule has 2 N–H and O–H groups in total. The summed E-state index contributed by atoms with van der Waals surface area (Å²) in [6, 6.07) is 1.92. The first-order valence-corrected chi connectivity index (χ1v) is 5.49. The maximum absolute atomic E-state index is 13.5. The highest BCUT2D eigenvalue weighted by atomic mass is 32.1. The first-order chi connectivity index (χ1) is 6.97. The molecule has 2 rings (SSSR count). The normalized spacial score (nSPS) is 23.2. The lowest BCUT2D eigenvalue weighted by molar-refractivity contribution is -0.0204. The fraction of sp³-hybridized carbons (Fsp3) is 0.500. The maximum Gasteiger partial charge on any atom is 0.282 e. The average Bonchev–Trinajstić information content (AvgIpc) is 2.51. The highest BCUT2D eigenvalue weighted by molar-refractivity contribution is 7.16. The molecule has 5 heteroatoms. The number of nitriles is 1. The van der Waals surface area contributed by atoms with E-state index in [1.54, 1.807) is 0 Å². The molecule has 15 heavy (non-hydrogen) atoms. The third kappa shape index (κ3) is 1.40. The van der Waals surface area contributed by atoms with Gasteiger partial charge >= 0.3 is 0 Å². The first-order valence-electron chi connectivity index (χ1n) is 4.68. The molecule has 0 fully saturated rings. The van der Waals surface area contributed by atoms with Gasteiger partial charge in [0.1, 0.15) is 11.1 Å². The van der Waals surface area contributed by atoms with Crippen LogP contribution in [-0.4, -0.2) is 0 Å². The van der Waals surface area contributed by atoms with Crippen LogP contribution in [0.3, 0.4) is 0 Å². The van der Waals surface area contributed by atoms with Crippen molar-refractivity contribution in [3.8, 4) is 6.07 Å². The second kappa shape index (κ2) is 3.17. The third-order valence-electron chi connectivity index (χ3n) is 2.80. The minimum Gasteiger partial charge on any atom is -0.389 e. The Balaban J connectivity index is 2.69. The molecule has 0 amide bonds. The van der Waals surface area contributed by atoms with Crippen LogP contribution in [0.4, 0.5) is 13.8 Å². The molecule has 1 unspecified atom stereocenters. The molecule has 0 saturated carbocycles. The van der Waals surface area contributed by atoms with Gasteiger partial charge < -0.3 is 5.73 Å².